The van der Waals surface area contributed by atoms with Crippen molar-refractivity contribution < 1.29 is 4.79 Å². The minimum atomic E-state index is 0.186. The Morgan fingerprint density at radius 3 is 2.75 bits per heavy atom. The molecule has 1 amide bonds. The molecule has 1 atom stereocenters. The zero-order valence-electron chi connectivity index (χ0n) is 16.2. The summed E-state index contributed by atoms with van der Waals surface area (Å²) in [6.45, 7) is 3.67. The van der Waals surface area contributed by atoms with Crippen LogP contribution >= 0.6 is 0 Å². The van der Waals surface area contributed by atoms with Crippen molar-refractivity contribution in [1.29, 1.82) is 0 Å². The van der Waals surface area contributed by atoms with Crippen LogP contribution in [0.2, 0.25) is 0 Å². The molecule has 1 aromatic carbocycles. The van der Waals surface area contributed by atoms with E-state index in [1.54, 1.807) is 12.4 Å². The van der Waals surface area contributed by atoms with Crippen LogP contribution in [-0.4, -0.2) is 33.9 Å². The van der Waals surface area contributed by atoms with Crippen LogP contribution in [0.3, 0.4) is 0 Å². The second-order valence-corrected chi connectivity index (χ2v) is 7.53. The Morgan fingerprint density at radius 2 is 1.93 bits per heavy atom. The predicted octanol–water partition coefficient (Wildman–Crippen LogP) is 4.40. The van der Waals surface area contributed by atoms with Crippen LogP contribution in [0.15, 0.2) is 67.0 Å². The normalized spacial score (nSPS) is 16.8. The summed E-state index contributed by atoms with van der Waals surface area (Å²) in [4.78, 5) is 23.7. The van der Waals surface area contributed by atoms with Gasteiger partial charge in [-0.15, -0.1) is 0 Å². The number of hydrogen-bond donors (Lipinski definition) is 0. The fraction of sp³-hybridized carbons (Fsp3) is 0.292. The van der Waals surface area contributed by atoms with Gasteiger partial charge in [-0.05, 0) is 55.7 Å². The molecule has 0 unspecified atom stereocenters. The molecule has 1 aliphatic heterocycles. The highest BCUT2D eigenvalue weighted by Gasteiger charge is 2.25. The first kappa shape index (κ1) is 18.4. The standard InChI is InChI=1S/C24H25N3O/c1-18-5-2-6-20(15-18)22-8-3-9-23(26-22)21-7-4-14-27(17-21)24(28)16-19-10-12-25-13-11-19/h2-3,5-6,8-13,15,21H,4,7,14,16-17H2,1H3/t21-/m1/s1. The zero-order chi connectivity index (χ0) is 19.3. The molecule has 0 N–H and O–H groups in total. The SMILES string of the molecule is Cc1cccc(-c2cccc([C@@H]3CCCN(C(=O)Cc4ccncc4)C3)n2)c1. The van der Waals surface area contributed by atoms with E-state index in [-0.39, 0.29) is 5.91 Å². The molecule has 0 spiro atoms. The molecule has 1 aliphatic rings. The van der Waals surface area contributed by atoms with Crippen molar-refractivity contribution in [2.24, 2.45) is 0 Å². The topological polar surface area (TPSA) is 46.1 Å². The maximum atomic E-state index is 12.8. The molecular formula is C24H25N3O. The van der Waals surface area contributed by atoms with Crippen LogP contribution < -0.4 is 0 Å². The highest BCUT2D eigenvalue weighted by molar-refractivity contribution is 5.79. The number of hydrogen-bond acceptors (Lipinski definition) is 3. The summed E-state index contributed by atoms with van der Waals surface area (Å²) in [5.41, 5.74) is 5.47. The van der Waals surface area contributed by atoms with E-state index >= 15 is 0 Å². The second kappa shape index (κ2) is 8.34. The van der Waals surface area contributed by atoms with Crippen molar-refractivity contribution in [1.82, 2.24) is 14.9 Å². The van der Waals surface area contributed by atoms with Gasteiger partial charge >= 0.3 is 0 Å². The van der Waals surface area contributed by atoms with Gasteiger partial charge in [0.05, 0.1) is 12.1 Å². The lowest BCUT2D eigenvalue weighted by Crippen LogP contribution is -2.40. The quantitative estimate of drug-likeness (QED) is 0.683. The third kappa shape index (κ3) is 4.28. The van der Waals surface area contributed by atoms with E-state index in [4.69, 9.17) is 4.98 Å². The summed E-state index contributed by atoms with van der Waals surface area (Å²) in [5, 5.41) is 0. The highest BCUT2D eigenvalue weighted by atomic mass is 16.2. The zero-order valence-corrected chi connectivity index (χ0v) is 16.2. The summed E-state index contributed by atoms with van der Waals surface area (Å²) in [6, 6.07) is 18.5. The minimum Gasteiger partial charge on any atom is -0.342 e. The van der Waals surface area contributed by atoms with Gasteiger partial charge in [0.15, 0.2) is 0 Å². The highest BCUT2D eigenvalue weighted by Crippen LogP contribution is 2.28. The number of pyridine rings is 2. The molecule has 0 aliphatic carbocycles. The number of likely N-dealkylation sites (tertiary alicyclic amines) is 1. The first-order chi connectivity index (χ1) is 13.7. The molecule has 4 heteroatoms. The predicted molar refractivity (Wildman–Crippen MR) is 111 cm³/mol. The molecule has 4 nitrogen and oxygen atoms in total. The van der Waals surface area contributed by atoms with Gasteiger partial charge in [0.2, 0.25) is 5.91 Å². The Bertz CT molecular complexity index is 955. The molecule has 0 saturated carbocycles. The van der Waals surface area contributed by atoms with Crippen molar-refractivity contribution >= 4 is 5.91 Å². The number of aryl methyl sites for hydroxylation is 1. The second-order valence-electron chi connectivity index (χ2n) is 7.53. The Kier molecular flexibility index (Phi) is 5.47. The minimum absolute atomic E-state index is 0.186. The van der Waals surface area contributed by atoms with Crippen molar-refractivity contribution in [3.63, 3.8) is 0 Å². The molecule has 3 aromatic rings. The van der Waals surface area contributed by atoms with Gasteiger partial charge < -0.3 is 4.90 Å². The summed E-state index contributed by atoms with van der Waals surface area (Å²) >= 11 is 0. The first-order valence-electron chi connectivity index (χ1n) is 9.90. The van der Waals surface area contributed by atoms with E-state index in [0.717, 1.165) is 48.4 Å². The van der Waals surface area contributed by atoms with Crippen LogP contribution in [0.1, 0.15) is 35.6 Å². The van der Waals surface area contributed by atoms with Crippen molar-refractivity contribution in [3.05, 3.63) is 83.8 Å². The van der Waals surface area contributed by atoms with E-state index in [9.17, 15) is 4.79 Å². The Labute approximate surface area is 166 Å². The van der Waals surface area contributed by atoms with Gasteiger partial charge in [-0.1, -0.05) is 29.8 Å². The lowest BCUT2D eigenvalue weighted by molar-refractivity contribution is -0.131. The average molecular weight is 371 g/mol. The van der Waals surface area contributed by atoms with Gasteiger partial charge in [-0.25, -0.2) is 0 Å². The number of amides is 1. The monoisotopic (exact) mass is 371 g/mol. The maximum absolute atomic E-state index is 12.8. The van der Waals surface area contributed by atoms with Crippen molar-refractivity contribution in [2.75, 3.05) is 13.1 Å². The largest absolute Gasteiger partial charge is 0.342 e. The van der Waals surface area contributed by atoms with Crippen LogP contribution in [0.5, 0.6) is 0 Å². The molecule has 0 radical (unpaired) electrons. The van der Waals surface area contributed by atoms with Crippen LogP contribution in [0.25, 0.3) is 11.3 Å². The van der Waals surface area contributed by atoms with Gasteiger partial charge in [0.1, 0.15) is 0 Å². The lowest BCUT2D eigenvalue weighted by atomic mass is 9.93. The summed E-state index contributed by atoms with van der Waals surface area (Å²) in [6.07, 6.45) is 6.00. The molecule has 0 bridgehead atoms. The number of carbonyl (C=O) groups excluding carboxylic acids is 1. The van der Waals surface area contributed by atoms with Gasteiger partial charge in [0.25, 0.3) is 0 Å². The molecule has 142 valence electrons. The van der Waals surface area contributed by atoms with Crippen LogP contribution in [0.4, 0.5) is 0 Å². The number of rotatable bonds is 4. The maximum Gasteiger partial charge on any atom is 0.227 e. The van der Waals surface area contributed by atoms with Gasteiger partial charge in [0, 0.05) is 42.7 Å². The van der Waals surface area contributed by atoms with E-state index in [0.29, 0.717) is 12.3 Å². The molecule has 1 fully saturated rings. The summed E-state index contributed by atoms with van der Waals surface area (Å²) in [5.74, 6) is 0.477. The third-order valence-electron chi connectivity index (χ3n) is 5.38. The molecule has 28 heavy (non-hydrogen) atoms. The number of benzene rings is 1. The van der Waals surface area contributed by atoms with Crippen molar-refractivity contribution in [2.45, 2.75) is 32.1 Å². The van der Waals surface area contributed by atoms with Crippen molar-refractivity contribution in [3.8, 4) is 11.3 Å². The van der Waals surface area contributed by atoms with Crippen LogP contribution in [0, 0.1) is 6.92 Å². The Morgan fingerprint density at radius 1 is 1.11 bits per heavy atom. The van der Waals surface area contributed by atoms with Gasteiger partial charge in [-0.2, -0.15) is 0 Å². The molecule has 1 saturated heterocycles. The summed E-state index contributed by atoms with van der Waals surface area (Å²) in [7, 11) is 0. The smallest absolute Gasteiger partial charge is 0.227 e. The summed E-state index contributed by atoms with van der Waals surface area (Å²) < 4.78 is 0. The number of aromatic nitrogens is 2. The number of nitrogens with zero attached hydrogens (tertiary/aromatic N) is 3. The molecular weight excluding hydrogens is 346 g/mol. The van der Waals surface area contributed by atoms with Crippen LogP contribution in [-0.2, 0) is 11.2 Å². The molecule has 2 aromatic heterocycles. The lowest BCUT2D eigenvalue weighted by Gasteiger charge is -2.32. The average Bonchev–Trinajstić information content (AvgIpc) is 2.75. The number of piperidine rings is 1. The third-order valence-corrected chi connectivity index (χ3v) is 5.38. The van der Waals surface area contributed by atoms with E-state index in [1.165, 1.54) is 5.56 Å². The fourth-order valence-electron chi connectivity index (χ4n) is 3.88. The Balaban J connectivity index is 1.49. The number of carbonyl (C=O) groups is 1. The van der Waals surface area contributed by atoms with E-state index in [2.05, 4.69) is 54.4 Å². The van der Waals surface area contributed by atoms with Gasteiger partial charge in [-0.3, -0.25) is 14.8 Å². The van der Waals surface area contributed by atoms with E-state index < -0.39 is 0 Å². The molecule has 4 rings (SSSR count). The van der Waals surface area contributed by atoms with E-state index in [1.807, 2.05) is 17.0 Å². The Hall–Kier alpha value is -3.01. The molecule has 3 heterocycles. The fourth-order valence-corrected chi connectivity index (χ4v) is 3.88. The first-order valence-corrected chi connectivity index (χ1v) is 9.90.